The van der Waals surface area contributed by atoms with Crippen molar-refractivity contribution in [3.63, 3.8) is 0 Å². The van der Waals surface area contributed by atoms with Gasteiger partial charge >= 0.3 is 10.1 Å². The molecule has 0 heterocycles. The third-order valence-electron chi connectivity index (χ3n) is 3.82. The van der Waals surface area contributed by atoms with Gasteiger partial charge in [0, 0.05) is 5.56 Å². The number of carbonyl (C=O) groups is 1. The fourth-order valence-corrected chi connectivity index (χ4v) is 3.50. The second-order valence-corrected chi connectivity index (χ2v) is 7.48. The van der Waals surface area contributed by atoms with Crippen LogP contribution in [0.4, 0.5) is 4.39 Å². The van der Waals surface area contributed by atoms with Gasteiger partial charge in [-0.3, -0.25) is 4.79 Å². The van der Waals surface area contributed by atoms with E-state index in [4.69, 9.17) is 4.18 Å². The fraction of sp³-hybridized carbons (Fsp3) is 0.0476. The number of hydrogen-bond acceptors (Lipinski definition) is 5. The number of carbonyl (C=O) groups excluding carboxylic acids is 1. The Morgan fingerprint density at radius 1 is 0.966 bits per heavy atom. The summed E-state index contributed by atoms with van der Waals surface area (Å²) >= 11 is 0. The first kappa shape index (κ1) is 20.2. The van der Waals surface area contributed by atoms with Crippen LogP contribution in [0.2, 0.25) is 0 Å². The molecule has 0 radical (unpaired) electrons. The van der Waals surface area contributed by atoms with Crippen LogP contribution >= 0.6 is 0 Å². The summed E-state index contributed by atoms with van der Waals surface area (Å²) in [5.41, 5.74) is 3.51. The van der Waals surface area contributed by atoms with Crippen LogP contribution in [0.15, 0.2) is 88.9 Å². The maximum atomic E-state index is 13.8. The number of hydrogen-bond donors (Lipinski definition) is 1. The molecule has 0 saturated heterocycles. The van der Waals surface area contributed by atoms with Gasteiger partial charge in [-0.15, -0.1) is 0 Å². The van der Waals surface area contributed by atoms with Crippen molar-refractivity contribution in [3.05, 3.63) is 95.8 Å². The van der Waals surface area contributed by atoms with E-state index >= 15 is 0 Å². The first-order valence-corrected chi connectivity index (χ1v) is 10.0. The molecule has 0 bridgehead atoms. The van der Waals surface area contributed by atoms with E-state index in [1.807, 2.05) is 30.3 Å². The average molecular weight is 412 g/mol. The fourth-order valence-electron chi connectivity index (χ4n) is 2.47. The van der Waals surface area contributed by atoms with Gasteiger partial charge in [0.05, 0.1) is 12.6 Å². The van der Waals surface area contributed by atoms with Gasteiger partial charge < -0.3 is 4.18 Å². The number of nitrogens with zero attached hydrogens (tertiary/aromatic N) is 1. The Labute approximate surface area is 167 Å². The smallest absolute Gasteiger partial charge is 0.342 e. The third-order valence-corrected chi connectivity index (χ3v) is 5.09. The normalized spacial score (nSPS) is 11.3. The highest BCUT2D eigenvalue weighted by atomic mass is 32.2. The molecule has 0 aliphatic heterocycles. The van der Waals surface area contributed by atoms with Crippen molar-refractivity contribution in [3.8, 4) is 5.75 Å². The number of hydrazone groups is 1. The molecule has 0 spiro atoms. The van der Waals surface area contributed by atoms with E-state index in [1.165, 1.54) is 24.4 Å². The van der Waals surface area contributed by atoms with Crippen LogP contribution in [0.1, 0.15) is 11.1 Å². The van der Waals surface area contributed by atoms with Crippen LogP contribution in [-0.4, -0.2) is 20.5 Å². The molecule has 148 valence electrons. The SMILES string of the molecule is O=C(Cc1ccccc1)N/N=C/c1ccccc1OS(=O)(=O)c1ccccc1F. The Morgan fingerprint density at radius 2 is 1.62 bits per heavy atom. The monoisotopic (exact) mass is 412 g/mol. The van der Waals surface area contributed by atoms with Crippen molar-refractivity contribution in [2.75, 3.05) is 0 Å². The van der Waals surface area contributed by atoms with E-state index < -0.39 is 20.8 Å². The van der Waals surface area contributed by atoms with Crippen molar-refractivity contribution in [2.45, 2.75) is 11.3 Å². The first-order chi connectivity index (χ1) is 14.0. The lowest BCUT2D eigenvalue weighted by molar-refractivity contribution is -0.120. The second kappa shape index (κ2) is 9.11. The molecular formula is C21H17FN2O4S. The van der Waals surface area contributed by atoms with Crippen molar-refractivity contribution >= 4 is 22.2 Å². The van der Waals surface area contributed by atoms with E-state index in [2.05, 4.69) is 10.5 Å². The van der Waals surface area contributed by atoms with E-state index in [0.29, 0.717) is 5.56 Å². The third kappa shape index (κ3) is 5.49. The summed E-state index contributed by atoms with van der Waals surface area (Å²) in [6.07, 6.45) is 1.41. The van der Waals surface area contributed by atoms with Crippen molar-refractivity contribution in [2.24, 2.45) is 5.10 Å². The number of amides is 1. The highest BCUT2D eigenvalue weighted by Gasteiger charge is 2.21. The van der Waals surface area contributed by atoms with Gasteiger partial charge in [0.25, 0.3) is 0 Å². The summed E-state index contributed by atoms with van der Waals surface area (Å²) in [6, 6.07) is 20.3. The molecule has 0 aliphatic rings. The highest BCUT2D eigenvalue weighted by Crippen LogP contribution is 2.23. The molecule has 3 aromatic carbocycles. The minimum Gasteiger partial charge on any atom is -0.378 e. The molecular weight excluding hydrogens is 395 g/mol. The summed E-state index contributed by atoms with van der Waals surface area (Å²) < 4.78 is 43.7. The van der Waals surface area contributed by atoms with Crippen LogP contribution in [0, 0.1) is 5.82 Å². The summed E-state index contributed by atoms with van der Waals surface area (Å²) in [7, 11) is -4.37. The predicted molar refractivity (Wildman–Crippen MR) is 107 cm³/mol. The van der Waals surface area contributed by atoms with Crippen molar-refractivity contribution < 1.29 is 21.8 Å². The highest BCUT2D eigenvalue weighted by molar-refractivity contribution is 7.87. The molecule has 29 heavy (non-hydrogen) atoms. The van der Waals surface area contributed by atoms with Crippen molar-refractivity contribution in [1.82, 2.24) is 5.43 Å². The summed E-state index contributed by atoms with van der Waals surface area (Å²) in [6.45, 7) is 0. The number of benzene rings is 3. The first-order valence-electron chi connectivity index (χ1n) is 8.59. The predicted octanol–water partition coefficient (Wildman–Crippen LogP) is 3.29. The molecule has 0 unspecified atom stereocenters. The molecule has 3 rings (SSSR count). The minimum atomic E-state index is -4.37. The summed E-state index contributed by atoms with van der Waals surface area (Å²) in [4.78, 5) is 11.4. The molecule has 0 aliphatic carbocycles. The largest absolute Gasteiger partial charge is 0.378 e. The van der Waals surface area contributed by atoms with Gasteiger partial charge in [0.15, 0.2) is 5.75 Å². The lowest BCUT2D eigenvalue weighted by Crippen LogP contribution is -2.19. The second-order valence-electron chi connectivity index (χ2n) is 5.96. The quantitative estimate of drug-likeness (QED) is 0.367. The van der Waals surface area contributed by atoms with Gasteiger partial charge in [-0.2, -0.15) is 13.5 Å². The molecule has 1 amide bonds. The lowest BCUT2D eigenvalue weighted by atomic mass is 10.1. The zero-order valence-electron chi connectivity index (χ0n) is 15.2. The maximum Gasteiger partial charge on any atom is 0.342 e. The summed E-state index contributed by atoms with van der Waals surface area (Å²) in [5, 5.41) is 3.85. The molecule has 0 saturated carbocycles. The molecule has 6 nitrogen and oxygen atoms in total. The van der Waals surface area contributed by atoms with Crippen LogP contribution in [-0.2, 0) is 21.3 Å². The lowest BCUT2D eigenvalue weighted by Gasteiger charge is -2.09. The number of nitrogens with one attached hydrogen (secondary N) is 1. The topological polar surface area (TPSA) is 84.8 Å². The Balaban J connectivity index is 1.71. The van der Waals surface area contributed by atoms with Gasteiger partial charge in [-0.25, -0.2) is 9.82 Å². The molecule has 0 fully saturated rings. The standard InChI is InChI=1S/C21H17FN2O4S/c22-18-11-5-7-13-20(18)29(26,27)28-19-12-6-4-10-17(19)15-23-24-21(25)14-16-8-2-1-3-9-16/h1-13,15H,14H2,(H,24,25)/b23-15+. The van der Waals surface area contributed by atoms with Crippen LogP contribution in [0.25, 0.3) is 0 Å². The molecule has 1 N–H and O–H groups in total. The zero-order chi connectivity index (χ0) is 20.7. The Bertz CT molecular complexity index is 1130. The van der Waals surface area contributed by atoms with E-state index in [-0.39, 0.29) is 18.1 Å². The minimum absolute atomic E-state index is 0.0446. The Morgan fingerprint density at radius 3 is 2.38 bits per heavy atom. The average Bonchev–Trinajstić information content (AvgIpc) is 2.70. The molecule has 0 aromatic heterocycles. The van der Waals surface area contributed by atoms with Gasteiger partial charge in [0.1, 0.15) is 10.7 Å². The van der Waals surface area contributed by atoms with Gasteiger partial charge in [-0.05, 0) is 29.8 Å². The molecule has 3 aromatic rings. The zero-order valence-corrected chi connectivity index (χ0v) is 16.0. The summed E-state index contributed by atoms with van der Waals surface area (Å²) in [5.74, 6) is -1.28. The van der Waals surface area contributed by atoms with E-state index in [0.717, 1.165) is 17.7 Å². The van der Waals surface area contributed by atoms with Crippen LogP contribution in [0.5, 0.6) is 5.75 Å². The molecule has 8 heteroatoms. The molecule has 0 atom stereocenters. The van der Waals surface area contributed by atoms with E-state index in [1.54, 1.807) is 18.2 Å². The van der Waals surface area contributed by atoms with E-state index in [9.17, 15) is 17.6 Å². The Hall–Kier alpha value is -3.52. The van der Waals surface area contributed by atoms with Crippen molar-refractivity contribution in [1.29, 1.82) is 0 Å². The number of rotatable bonds is 7. The Kier molecular flexibility index (Phi) is 6.36. The van der Waals surface area contributed by atoms with Gasteiger partial charge in [-0.1, -0.05) is 54.6 Å². The van der Waals surface area contributed by atoms with Crippen LogP contribution < -0.4 is 9.61 Å². The van der Waals surface area contributed by atoms with Gasteiger partial charge in [0.2, 0.25) is 5.91 Å². The maximum absolute atomic E-state index is 13.8. The number of halogens is 1. The number of para-hydroxylation sites is 1. The van der Waals surface area contributed by atoms with Crippen LogP contribution in [0.3, 0.4) is 0 Å².